The lowest BCUT2D eigenvalue weighted by molar-refractivity contribution is -0.138. The molecule has 0 saturated carbocycles. The van der Waals surface area contributed by atoms with Crippen molar-refractivity contribution >= 4 is 11.9 Å². The van der Waals surface area contributed by atoms with Crippen LogP contribution in [0.25, 0.3) is 0 Å². The smallest absolute Gasteiger partial charge is 0.338 e. The number of rotatable bonds is 7. The van der Waals surface area contributed by atoms with Gasteiger partial charge in [0, 0.05) is 19.0 Å². The van der Waals surface area contributed by atoms with Crippen LogP contribution in [0.1, 0.15) is 37.5 Å². The first-order chi connectivity index (χ1) is 15.2. The van der Waals surface area contributed by atoms with E-state index >= 15 is 0 Å². The third-order valence-corrected chi connectivity index (χ3v) is 5.35. The van der Waals surface area contributed by atoms with Crippen LogP contribution in [0.4, 0.5) is 0 Å². The quantitative estimate of drug-likeness (QED) is 0.389. The monoisotopic (exact) mass is 434 g/mol. The highest BCUT2D eigenvalue weighted by atomic mass is 16.5. The van der Waals surface area contributed by atoms with Crippen molar-refractivity contribution in [1.29, 1.82) is 0 Å². The van der Waals surface area contributed by atoms with Crippen LogP contribution in [0.3, 0.4) is 0 Å². The van der Waals surface area contributed by atoms with Crippen molar-refractivity contribution in [2.24, 2.45) is 0 Å². The number of nitrogens with one attached hydrogen (secondary N) is 1. The third kappa shape index (κ3) is 5.38. The second-order valence-electron chi connectivity index (χ2n) is 8.37. The molecule has 2 aromatic rings. The average molecular weight is 435 g/mol. The molecule has 2 aromatic carbocycles. The van der Waals surface area contributed by atoms with Gasteiger partial charge in [0.15, 0.2) is 0 Å². The number of carbonyl (C=O) groups is 2. The van der Waals surface area contributed by atoms with Crippen LogP contribution in [-0.2, 0) is 27.3 Å². The van der Waals surface area contributed by atoms with Gasteiger partial charge in [0.25, 0.3) is 5.91 Å². The predicted octanol–water partition coefficient (Wildman–Crippen LogP) is 4.16. The van der Waals surface area contributed by atoms with Crippen LogP contribution < -0.4 is 5.32 Å². The second kappa shape index (κ2) is 9.73. The summed E-state index contributed by atoms with van der Waals surface area (Å²) in [5.41, 5.74) is 2.61. The maximum atomic E-state index is 13.1. The van der Waals surface area contributed by atoms with Gasteiger partial charge in [0.05, 0.1) is 12.2 Å². The summed E-state index contributed by atoms with van der Waals surface area (Å²) in [6.07, 6.45) is 1.53. The van der Waals surface area contributed by atoms with E-state index in [9.17, 15) is 14.7 Å². The Hall–Kier alpha value is -3.54. The molecular formula is C26H30N2O4. The van der Waals surface area contributed by atoms with Gasteiger partial charge in [-0.05, 0) is 38.8 Å². The Morgan fingerprint density at radius 3 is 2.47 bits per heavy atom. The summed E-state index contributed by atoms with van der Waals surface area (Å²) in [6.45, 7) is 8.08. The Kier molecular flexibility index (Phi) is 7.03. The number of aryl methyl sites for hydroxylation is 1. The normalized spacial score (nSPS) is 17.2. The minimum absolute atomic E-state index is 0.110. The van der Waals surface area contributed by atoms with E-state index in [0.717, 1.165) is 16.7 Å². The summed E-state index contributed by atoms with van der Waals surface area (Å²) in [4.78, 5) is 27.4. The molecule has 1 fully saturated rings. The molecule has 1 amide bonds. The van der Waals surface area contributed by atoms with Gasteiger partial charge < -0.3 is 20.1 Å². The highest BCUT2D eigenvalue weighted by molar-refractivity contribution is 5.97. The van der Waals surface area contributed by atoms with Crippen LogP contribution in [0.5, 0.6) is 0 Å². The first-order valence-electron chi connectivity index (χ1n) is 10.7. The second-order valence-corrected chi connectivity index (χ2v) is 8.37. The highest BCUT2D eigenvalue weighted by Gasteiger charge is 2.41. The van der Waals surface area contributed by atoms with E-state index in [1.807, 2.05) is 75.4 Å². The van der Waals surface area contributed by atoms with Gasteiger partial charge in [-0.15, -0.1) is 0 Å². The lowest BCUT2D eigenvalue weighted by Gasteiger charge is -2.30. The molecule has 0 aliphatic carbocycles. The van der Waals surface area contributed by atoms with E-state index in [4.69, 9.17) is 4.74 Å². The zero-order chi connectivity index (χ0) is 23.3. The lowest BCUT2D eigenvalue weighted by atomic mass is 10.0. The molecule has 6 heteroatoms. The number of hydrogen-bond donors (Lipinski definition) is 2. The molecule has 32 heavy (non-hydrogen) atoms. The zero-order valence-electron chi connectivity index (χ0n) is 19.0. The molecule has 0 radical (unpaired) electrons. The number of hydrogen-bond acceptors (Lipinski definition) is 5. The molecule has 1 aliphatic heterocycles. The Morgan fingerprint density at radius 1 is 1.12 bits per heavy atom. The van der Waals surface area contributed by atoms with Crippen molar-refractivity contribution in [3.05, 3.63) is 94.4 Å². The minimum atomic E-state index is -0.653. The molecule has 1 saturated heterocycles. The number of ether oxygens (including phenoxy) is 1. The number of benzene rings is 2. The van der Waals surface area contributed by atoms with Gasteiger partial charge in [-0.3, -0.25) is 4.79 Å². The molecule has 1 aliphatic rings. The van der Waals surface area contributed by atoms with Gasteiger partial charge in [0.1, 0.15) is 17.1 Å². The van der Waals surface area contributed by atoms with Crippen molar-refractivity contribution in [3.63, 3.8) is 0 Å². The lowest BCUT2D eigenvalue weighted by Crippen LogP contribution is -2.46. The number of aliphatic hydroxyl groups excluding tert-OH is 1. The number of allylic oxidation sites excluding steroid dienone is 1. The molecule has 6 nitrogen and oxygen atoms in total. The molecule has 0 unspecified atom stereocenters. The molecule has 1 heterocycles. The molecule has 168 valence electrons. The van der Waals surface area contributed by atoms with Crippen LogP contribution >= 0.6 is 0 Å². The van der Waals surface area contributed by atoms with Crippen molar-refractivity contribution in [3.8, 4) is 0 Å². The first-order valence-corrected chi connectivity index (χ1v) is 10.7. The van der Waals surface area contributed by atoms with E-state index < -0.39 is 11.6 Å². The highest BCUT2D eigenvalue weighted by Crippen LogP contribution is 2.27. The van der Waals surface area contributed by atoms with Crippen LogP contribution in [0.15, 0.2) is 77.7 Å². The maximum absolute atomic E-state index is 13.1. The van der Waals surface area contributed by atoms with Crippen molar-refractivity contribution < 1.29 is 19.4 Å². The van der Waals surface area contributed by atoms with Gasteiger partial charge in [-0.2, -0.15) is 0 Å². The number of esters is 1. The molecule has 0 spiro atoms. The number of aliphatic hydroxyl groups is 1. The maximum Gasteiger partial charge on any atom is 0.338 e. The topological polar surface area (TPSA) is 78.9 Å². The summed E-state index contributed by atoms with van der Waals surface area (Å²) >= 11 is 0. The van der Waals surface area contributed by atoms with Gasteiger partial charge >= 0.3 is 5.97 Å². The summed E-state index contributed by atoms with van der Waals surface area (Å²) < 4.78 is 5.16. The number of nitrogens with zero attached hydrogens (tertiary/aromatic N) is 1. The summed E-state index contributed by atoms with van der Waals surface area (Å²) in [6, 6.07) is 17.4. The molecule has 3 rings (SSSR count). The van der Waals surface area contributed by atoms with E-state index in [2.05, 4.69) is 5.32 Å². The summed E-state index contributed by atoms with van der Waals surface area (Å²) in [7, 11) is 0. The molecule has 0 aromatic heterocycles. The fourth-order valence-electron chi connectivity index (χ4n) is 3.72. The third-order valence-electron chi connectivity index (χ3n) is 5.35. The fraction of sp³-hybridized carbons (Fsp3) is 0.308. The van der Waals surface area contributed by atoms with Crippen molar-refractivity contribution in [1.82, 2.24) is 10.2 Å². The van der Waals surface area contributed by atoms with Crippen LogP contribution in [-0.4, -0.2) is 34.2 Å². The average Bonchev–Trinajstić information content (AvgIpc) is 2.95. The fourth-order valence-corrected chi connectivity index (χ4v) is 3.72. The zero-order valence-corrected chi connectivity index (χ0v) is 19.0. The van der Waals surface area contributed by atoms with Gasteiger partial charge in [-0.25, -0.2) is 4.79 Å². The molecule has 2 N–H and O–H groups in total. The largest absolute Gasteiger partial charge is 0.507 e. The van der Waals surface area contributed by atoms with E-state index in [0.29, 0.717) is 6.54 Å². The van der Waals surface area contributed by atoms with E-state index in [1.54, 1.807) is 11.8 Å². The predicted molar refractivity (Wildman–Crippen MR) is 123 cm³/mol. The first kappa shape index (κ1) is 23.1. The summed E-state index contributed by atoms with van der Waals surface area (Å²) in [5.74, 6) is -1.13. The Morgan fingerprint density at radius 2 is 1.81 bits per heavy atom. The Bertz CT molecular complexity index is 1050. The molecule has 0 bridgehead atoms. The van der Waals surface area contributed by atoms with Gasteiger partial charge in [0.2, 0.25) is 0 Å². The van der Waals surface area contributed by atoms with Crippen molar-refractivity contribution in [2.45, 2.75) is 46.3 Å². The Labute approximate surface area is 189 Å². The van der Waals surface area contributed by atoms with E-state index in [-0.39, 0.29) is 36.0 Å². The Balaban J connectivity index is 1.92. The minimum Gasteiger partial charge on any atom is -0.507 e. The summed E-state index contributed by atoms with van der Waals surface area (Å²) in [5, 5.41) is 14.0. The van der Waals surface area contributed by atoms with E-state index in [1.165, 1.54) is 6.08 Å². The van der Waals surface area contributed by atoms with Crippen LogP contribution in [0, 0.1) is 6.92 Å². The molecule has 0 atom stereocenters. The number of amides is 1. The number of carbonyl (C=O) groups excluding carboxylic acids is 2. The standard InChI is InChI=1S/C26H30N2O4/c1-5-32-25(31)21(15-20-13-9-10-18(2)14-20)23(29)16-22-24(30)28(26(3,4)27-22)17-19-11-7-6-8-12-19/h6-14,16,27,29H,5,15,17H2,1-4H3/b22-16-,23-21-. The van der Waals surface area contributed by atoms with Crippen LogP contribution in [0.2, 0.25) is 0 Å². The van der Waals surface area contributed by atoms with Crippen molar-refractivity contribution in [2.75, 3.05) is 6.61 Å². The van der Waals surface area contributed by atoms with Gasteiger partial charge in [-0.1, -0.05) is 60.2 Å². The molecular weight excluding hydrogens is 404 g/mol. The SMILES string of the molecule is CCOC(=O)/C(Cc1cccc(C)c1)=C(O)/C=C1\NC(C)(C)N(Cc2ccccc2)C1=O.